The zero-order valence-electron chi connectivity index (χ0n) is 13.8. The topological polar surface area (TPSA) is 41.1 Å². The van der Waals surface area contributed by atoms with Crippen molar-refractivity contribution in [3.63, 3.8) is 0 Å². The molecule has 0 aromatic heterocycles. The molecule has 0 aliphatic carbocycles. The van der Waals surface area contributed by atoms with Gasteiger partial charge in [0.05, 0.1) is 5.75 Å². The van der Waals surface area contributed by atoms with Crippen LogP contribution in [0.1, 0.15) is 46.6 Å². The molecule has 1 amide bonds. The van der Waals surface area contributed by atoms with Crippen LogP contribution in [0, 0.1) is 0 Å². The van der Waals surface area contributed by atoms with E-state index in [4.69, 9.17) is 0 Å². The second-order valence-electron chi connectivity index (χ2n) is 6.26. The standard InChI is InChI=1S/C17H28N2OS/c1-6-17(4,5)19-16(20)12-21-15-9-7-8-14(10-15)11-18-13(2)3/h7-10,13,18H,6,11-12H2,1-5H3,(H,19,20). The molecule has 0 aliphatic heterocycles. The molecule has 3 nitrogen and oxygen atoms in total. The fourth-order valence-electron chi connectivity index (χ4n) is 1.72. The lowest BCUT2D eigenvalue weighted by Gasteiger charge is -2.24. The monoisotopic (exact) mass is 308 g/mol. The Kier molecular flexibility index (Phi) is 7.26. The van der Waals surface area contributed by atoms with Gasteiger partial charge in [-0.05, 0) is 38.0 Å². The molecule has 0 saturated heterocycles. The summed E-state index contributed by atoms with van der Waals surface area (Å²) < 4.78 is 0. The van der Waals surface area contributed by atoms with Gasteiger partial charge in [0.2, 0.25) is 5.91 Å². The Morgan fingerprint density at radius 2 is 2.05 bits per heavy atom. The summed E-state index contributed by atoms with van der Waals surface area (Å²) in [7, 11) is 0. The smallest absolute Gasteiger partial charge is 0.230 e. The van der Waals surface area contributed by atoms with Gasteiger partial charge < -0.3 is 10.6 Å². The van der Waals surface area contributed by atoms with Gasteiger partial charge in [-0.15, -0.1) is 11.8 Å². The normalized spacial score (nSPS) is 11.7. The van der Waals surface area contributed by atoms with Gasteiger partial charge in [0.25, 0.3) is 0 Å². The maximum absolute atomic E-state index is 11.9. The maximum atomic E-state index is 11.9. The van der Waals surface area contributed by atoms with Crippen LogP contribution in [0.5, 0.6) is 0 Å². The van der Waals surface area contributed by atoms with E-state index in [1.165, 1.54) is 5.56 Å². The Morgan fingerprint density at radius 3 is 2.67 bits per heavy atom. The molecule has 0 saturated carbocycles. The van der Waals surface area contributed by atoms with Crippen molar-refractivity contribution in [2.75, 3.05) is 5.75 Å². The van der Waals surface area contributed by atoms with E-state index in [0.29, 0.717) is 11.8 Å². The lowest BCUT2D eigenvalue weighted by molar-refractivity contribution is -0.120. The Hall–Kier alpha value is -1.00. The maximum Gasteiger partial charge on any atom is 0.230 e. The van der Waals surface area contributed by atoms with Crippen LogP contribution in [0.15, 0.2) is 29.2 Å². The van der Waals surface area contributed by atoms with E-state index in [2.05, 4.69) is 49.6 Å². The van der Waals surface area contributed by atoms with E-state index in [-0.39, 0.29) is 11.4 Å². The first-order valence-corrected chi connectivity index (χ1v) is 8.57. The van der Waals surface area contributed by atoms with E-state index in [9.17, 15) is 4.79 Å². The van der Waals surface area contributed by atoms with Gasteiger partial charge in [0, 0.05) is 23.0 Å². The third-order valence-corrected chi connectivity index (χ3v) is 4.34. The minimum Gasteiger partial charge on any atom is -0.351 e. The molecule has 118 valence electrons. The first-order chi connectivity index (χ1) is 9.82. The van der Waals surface area contributed by atoms with E-state index in [1.54, 1.807) is 11.8 Å². The zero-order valence-corrected chi connectivity index (χ0v) is 14.6. The van der Waals surface area contributed by atoms with Gasteiger partial charge >= 0.3 is 0 Å². The summed E-state index contributed by atoms with van der Waals surface area (Å²) in [6.45, 7) is 11.3. The van der Waals surface area contributed by atoms with Gasteiger partial charge in [-0.3, -0.25) is 4.79 Å². The van der Waals surface area contributed by atoms with E-state index >= 15 is 0 Å². The summed E-state index contributed by atoms with van der Waals surface area (Å²) in [4.78, 5) is 13.1. The van der Waals surface area contributed by atoms with Gasteiger partial charge in [0.1, 0.15) is 0 Å². The van der Waals surface area contributed by atoms with Crippen molar-refractivity contribution >= 4 is 17.7 Å². The number of carbonyl (C=O) groups excluding carboxylic acids is 1. The number of thioether (sulfide) groups is 1. The van der Waals surface area contributed by atoms with E-state index < -0.39 is 0 Å². The molecule has 4 heteroatoms. The SMILES string of the molecule is CCC(C)(C)NC(=O)CSc1cccc(CNC(C)C)c1. The third-order valence-electron chi connectivity index (χ3n) is 3.34. The summed E-state index contributed by atoms with van der Waals surface area (Å²) in [5.74, 6) is 0.558. The molecule has 0 radical (unpaired) electrons. The molecule has 0 spiro atoms. The molecule has 0 unspecified atom stereocenters. The summed E-state index contributed by atoms with van der Waals surface area (Å²) >= 11 is 1.59. The highest BCUT2D eigenvalue weighted by Gasteiger charge is 2.17. The molecular weight excluding hydrogens is 280 g/mol. The molecule has 1 aromatic carbocycles. The van der Waals surface area contributed by atoms with Crippen molar-refractivity contribution in [3.8, 4) is 0 Å². The summed E-state index contributed by atoms with van der Waals surface area (Å²) in [5.41, 5.74) is 1.13. The lowest BCUT2D eigenvalue weighted by Crippen LogP contribution is -2.43. The molecule has 0 fully saturated rings. The van der Waals surface area contributed by atoms with Crippen molar-refractivity contribution in [1.82, 2.24) is 10.6 Å². The molecule has 2 N–H and O–H groups in total. The molecular formula is C17H28N2OS. The van der Waals surface area contributed by atoms with Crippen LogP contribution in [0.2, 0.25) is 0 Å². The second kappa shape index (κ2) is 8.44. The number of hydrogen-bond acceptors (Lipinski definition) is 3. The van der Waals surface area contributed by atoms with E-state index in [1.807, 2.05) is 19.9 Å². The predicted octanol–water partition coefficient (Wildman–Crippen LogP) is 3.58. The quantitative estimate of drug-likeness (QED) is 0.721. The Labute approximate surface area is 133 Å². The van der Waals surface area contributed by atoms with E-state index in [0.717, 1.165) is 17.9 Å². The van der Waals surface area contributed by atoms with Gasteiger partial charge in [-0.2, -0.15) is 0 Å². The molecule has 1 rings (SSSR count). The van der Waals surface area contributed by atoms with Crippen LogP contribution < -0.4 is 10.6 Å². The summed E-state index contributed by atoms with van der Waals surface area (Å²) in [6.07, 6.45) is 0.930. The highest BCUT2D eigenvalue weighted by atomic mass is 32.2. The highest BCUT2D eigenvalue weighted by molar-refractivity contribution is 8.00. The second-order valence-corrected chi connectivity index (χ2v) is 7.31. The Morgan fingerprint density at radius 1 is 1.33 bits per heavy atom. The summed E-state index contributed by atoms with van der Waals surface area (Å²) in [6, 6.07) is 8.84. The number of amides is 1. The highest BCUT2D eigenvalue weighted by Crippen LogP contribution is 2.19. The largest absolute Gasteiger partial charge is 0.351 e. The van der Waals surface area contributed by atoms with Gasteiger partial charge in [0.15, 0.2) is 0 Å². The first-order valence-electron chi connectivity index (χ1n) is 7.58. The lowest BCUT2D eigenvalue weighted by atomic mass is 10.0. The van der Waals surface area contributed by atoms with Crippen molar-refractivity contribution in [2.24, 2.45) is 0 Å². The molecule has 0 aliphatic rings. The molecule has 0 atom stereocenters. The fourth-order valence-corrected chi connectivity index (χ4v) is 2.50. The van der Waals surface area contributed by atoms with Crippen LogP contribution in [0.25, 0.3) is 0 Å². The number of hydrogen-bond donors (Lipinski definition) is 2. The zero-order chi connectivity index (χ0) is 15.9. The molecule has 0 heterocycles. The number of carbonyl (C=O) groups is 1. The van der Waals surface area contributed by atoms with Crippen LogP contribution in [-0.4, -0.2) is 23.2 Å². The van der Waals surface area contributed by atoms with Crippen molar-refractivity contribution in [1.29, 1.82) is 0 Å². The molecule has 0 bridgehead atoms. The first kappa shape index (κ1) is 18.1. The minimum atomic E-state index is -0.124. The van der Waals surface area contributed by atoms with Crippen molar-refractivity contribution < 1.29 is 4.79 Å². The van der Waals surface area contributed by atoms with Crippen molar-refractivity contribution in [2.45, 2.75) is 64.1 Å². The number of rotatable bonds is 8. The minimum absolute atomic E-state index is 0.0950. The van der Waals surface area contributed by atoms with Crippen LogP contribution >= 0.6 is 11.8 Å². The average Bonchev–Trinajstić information content (AvgIpc) is 2.43. The summed E-state index contributed by atoms with van der Waals surface area (Å²) in [5, 5.41) is 6.46. The third kappa shape index (κ3) is 7.53. The van der Waals surface area contributed by atoms with Crippen LogP contribution in [0.4, 0.5) is 0 Å². The Bertz CT molecular complexity index is 458. The predicted molar refractivity (Wildman–Crippen MR) is 91.7 cm³/mol. The average molecular weight is 308 g/mol. The molecule has 1 aromatic rings. The van der Waals surface area contributed by atoms with Crippen molar-refractivity contribution in [3.05, 3.63) is 29.8 Å². The van der Waals surface area contributed by atoms with Gasteiger partial charge in [-0.1, -0.05) is 32.9 Å². The van der Waals surface area contributed by atoms with Crippen LogP contribution in [-0.2, 0) is 11.3 Å². The number of benzene rings is 1. The Balaban J connectivity index is 2.48. The molecule has 21 heavy (non-hydrogen) atoms. The number of nitrogens with one attached hydrogen (secondary N) is 2. The fraction of sp³-hybridized carbons (Fsp3) is 0.588. The van der Waals surface area contributed by atoms with Crippen LogP contribution in [0.3, 0.4) is 0 Å². The van der Waals surface area contributed by atoms with Gasteiger partial charge in [-0.25, -0.2) is 0 Å².